The van der Waals surface area contributed by atoms with E-state index in [4.69, 9.17) is 9.26 Å². The van der Waals surface area contributed by atoms with E-state index in [2.05, 4.69) is 39.7 Å². The zero-order valence-corrected chi connectivity index (χ0v) is 19.1. The lowest BCUT2D eigenvalue weighted by atomic mass is 9.92. The third-order valence-corrected chi connectivity index (χ3v) is 7.95. The van der Waals surface area contributed by atoms with Gasteiger partial charge in [0.2, 0.25) is 5.76 Å². The number of aromatic nitrogens is 4. The molecule has 1 saturated carbocycles. The van der Waals surface area contributed by atoms with Gasteiger partial charge in [0.15, 0.2) is 0 Å². The normalized spacial score (nSPS) is 17.3. The molecule has 5 rings (SSSR count). The van der Waals surface area contributed by atoms with Gasteiger partial charge in [-0.15, -0.1) is 0 Å². The molecule has 164 valence electrons. The van der Waals surface area contributed by atoms with Crippen molar-refractivity contribution in [3.8, 4) is 0 Å². The molecule has 1 aliphatic carbocycles. The van der Waals surface area contributed by atoms with E-state index in [1.54, 1.807) is 6.33 Å². The van der Waals surface area contributed by atoms with Gasteiger partial charge >= 0.3 is 5.97 Å². The second-order valence-electron chi connectivity index (χ2n) is 9.85. The molecule has 1 N–H and O–H groups in total. The van der Waals surface area contributed by atoms with Gasteiger partial charge in [-0.1, -0.05) is 24.8 Å². The Hall–Kier alpha value is -2.72. The van der Waals surface area contributed by atoms with E-state index in [0.29, 0.717) is 18.8 Å². The molecule has 0 saturated heterocycles. The molecule has 3 aromatic heterocycles. The van der Waals surface area contributed by atoms with E-state index in [-0.39, 0.29) is 11.2 Å². The maximum absolute atomic E-state index is 11.6. The molecule has 2 aliphatic rings. The number of aromatic carboxylic acids is 1. The minimum atomic E-state index is -1.13. The number of rotatable bonds is 7. The molecule has 4 heterocycles. The van der Waals surface area contributed by atoms with Crippen LogP contribution in [0.2, 0.25) is 25.7 Å². The molecule has 9 nitrogen and oxygen atoms in total. The monoisotopic (exact) mass is 441 g/mol. The van der Waals surface area contributed by atoms with Crippen molar-refractivity contribution in [1.29, 1.82) is 0 Å². The maximum Gasteiger partial charge on any atom is 0.375 e. The first-order valence-corrected chi connectivity index (χ1v) is 14.3. The molecule has 0 radical (unpaired) electrons. The molecule has 1 aliphatic heterocycles. The maximum atomic E-state index is 11.6. The zero-order chi connectivity index (χ0) is 21.8. The van der Waals surface area contributed by atoms with Gasteiger partial charge in [-0.3, -0.25) is 0 Å². The van der Waals surface area contributed by atoms with E-state index < -0.39 is 14.0 Å². The second-order valence-corrected chi connectivity index (χ2v) is 15.5. The number of carbonyl (C=O) groups is 1. The number of anilines is 1. The van der Waals surface area contributed by atoms with Crippen LogP contribution in [0.5, 0.6) is 0 Å². The first-order chi connectivity index (χ1) is 14.8. The highest BCUT2D eigenvalue weighted by molar-refractivity contribution is 6.76. The van der Waals surface area contributed by atoms with Gasteiger partial charge in [0.1, 0.15) is 24.5 Å². The lowest BCUT2D eigenvalue weighted by Gasteiger charge is -2.33. The number of hydrogen-bond acceptors (Lipinski definition) is 7. The molecule has 31 heavy (non-hydrogen) atoms. The molecule has 0 aromatic carbocycles. The van der Waals surface area contributed by atoms with E-state index in [1.807, 2.05) is 16.8 Å². The molecule has 0 unspecified atom stereocenters. The summed E-state index contributed by atoms with van der Waals surface area (Å²) >= 11 is 0. The van der Waals surface area contributed by atoms with Crippen molar-refractivity contribution in [2.75, 3.05) is 18.1 Å². The van der Waals surface area contributed by atoms with Crippen LogP contribution >= 0.6 is 0 Å². The summed E-state index contributed by atoms with van der Waals surface area (Å²) in [5.41, 5.74) is 2.15. The predicted octanol–water partition coefficient (Wildman–Crippen LogP) is 3.48. The van der Waals surface area contributed by atoms with Crippen molar-refractivity contribution in [3.05, 3.63) is 35.6 Å². The fraction of sp³-hybridized carbons (Fsp3) is 0.524. The molecule has 0 amide bonds. The largest absolute Gasteiger partial charge is 0.475 e. The average Bonchev–Trinajstić information content (AvgIpc) is 3.14. The number of carboxylic acid groups (broad SMARTS) is 1. The Bertz CT molecular complexity index is 1140. The molecule has 3 aromatic rings. The van der Waals surface area contributed by atoms with Gasteiger partial charge in [-0.2, -0.15) is 0 Å². The van der Waals surface area contributed by atoms with Crippen LogP contribution in [0, 0.1) is 0 Å². The van der Waals surface area contributed by atoms with Gasteiger partial charge in [0.25, 0.3) is 0 Å². The quantitative estimate of drug-likeness (QED) is 0.439. The minimum Gasteiger partial charge on any atom is -0.475 e. The molecule has 0 atom stereocenters. The van der Waals surface area contributed by atoms with Crippen molar-refractivity contribution in [1.82, 2.24) is 19.7 Å². The van der Waals surface area contributed by atoms with Crippen LogP contribution in [0.4, 0.5) is 5.82 Å². The Kier molecular flexibility index (Phi) is 4.67. The van der Waals surface area contributed by atoms with Crippen LogP contribution in [0.15, 0.2) is 23.1 Å². The summed E-state index contributed by atoms with van der Waals surface area (Å²) in [4.78, 5) is 22.8. The highest BCUT2D eigenvalue weighted by Gasteiger charge is 2.53. The molecule has 10 heteroatoms. The summed E-state index contributed by atoms with van der Waals surface area (Å²) in [5.74, 6) is -0.342. The van der Waals surface area contributed by atoms with Gasteiger partial charge in [0, 0.05) is 32.8 Å². The molecule has 0 bridgehead atoms. The van der Waals surface area contributed by atoms with Crippen molar-refractivity contribution in [2.45, 2.75) is 57.2 Å². The predicted molar refractivity (Wildman–Crippen MR) is 117 cm³/mol. The third kappa shape index (κ3) is 3.63. The number of hydrogen-bond donors (Lipinski definition) is 1. The van der Waals surface area contributed by atoms with Crippen molar-refractivity contribution in [2.24, 2.45) is 0 Å². The fourth-order valence-corrected chi connectivity index (χ4v) is 5.07. The van der Waals surface area contributed by atoms with Crippen molar-refractivity contribution < 1.29 is 19.2 Å². The Morgan fingerprint density at radius 1 is 1.32 bits per heavy atom. The van der Waals surface area contributed by atoms with Crippen LogP contribution in [0.3, 0.4) is 0 Å². The number of carboxylic acids is 1. The summed E-state index contributed by atoms with van der Waals surface area (Å²) < 4.78 is 13.1. The minimum absolute atomic E-state index is 0.0651. The van der Waals surface area contributed by atoms with Crippen molar-refractivity contribution in [3.63, 3.8) is 0 Å². The van der Waals surface area contributed by atoms with Gasteiger partial charge in [0.05, 0.1) is 23.2 Å². The summed E-state index contributed by atoms with van der Waals surface area (Å²) in [7, 11) is -1.13. The highest BCUT2D eigenvalue weighted by atomic mass is 28.3. The van der Waals surface area contributed by atoms with E-state index in [9.17, 15) is 9.90 Å². The second kappa shape index (κ2) is 7.16. The van der Waals surface area contributed by atoms with Crippen LogP contribution in [0.1, 0.15) is 34.7 Å². The lowest BCUT2D eigenvalue weighted by molar-refractivity contribution is 0.0650. The third-order valence-electron chi connectivity index (χ3n) is 6.24. The van der Waals surface area contributed by atoms with E-state index in [0.717, 1.165) is 54.6 Å². The lowest BCUT2D eigenvalue weighted by Crippen LogP contribution is -2.38. The number of fused-ring (bicyclic) bond motifs is 3. The Morgan fingerprint density at radius 2 is 2.13 bits per heavy atom. The first-order valence-electron chi connectivity index (χ1n) is 10.6. The Balaban J connectivity index is 1.42. The average molecular weight is 442 g/mol. The molecule has 1 spiro atoms. The van der Waals surface area contributed by atoms with Crippen LogP contribution in [-0.2, 0) is 23.4 Å². The van der Waals surface area contributed by atoms with Crippen LogP contribution in [-0.4, -0.2) is 52.0 Å². The van der Waals surface area contributed by atoms with Gasteiger partial charge in [-0.25, -0.2) is 14.8 Å². The summed E-state index contributed by atoms with van der Waals surface area (Å²) in [6.07, 6.45) is 5.49. The van der Waals surface area contributed by atoms with Gasteiger partial charge < -0.3 is 23.8 Å². The number of nitrogens with zero attached hydrogens (tertiary/aromatic N) is 5. The zero-order valence-electron chi connectivity index (χ0n) is 18.1. The summed E-state index contributed by atoms with van der Waals surface area (Å²) in [6.45, 7) is 9.36. The topological polar surface area (TPSA) is 107 Å². The summed E-state index contributed by atoms with van der Waals surface area (Å²) in [6, 6.07) is 3.13. The molecule has 1 fully saturated rings. The van der Waals surface area contributed by atoms with E-state index in [1.165, 1.54) is 0 Å². The Morgan fingerprint density at radius 3 is 2.84 bits per heavy atom. The molecular weight excluding hydrogens is 414 g/mol. The standard InChI is InChI=1S/C21H27N5O4Si/c1-31(2,3)9-8-29-13-25-7-4-14-18(25)22-12-23-19(14)26-10-15-16(20(27)28)30-24-17(15)21(11-26)5-6-21/h4,7,12H,5-6,8-11,13H2,1-3H3,(H,27,28). The first kappa shape index (κ1) is 20.2. The van der Waals surface area contributed by atoms with Gasteiger partial charge in [-0.05, 0) is 25.0 Å². The van der Waals surface area contributed by atoms with Crippen molar-refractivity contribution >= 4 is 30.9 Å². The fourth-order valence-electron chi connectivity index (χ4n) is 4.31. The molecular formula is C21H27N5O4Si. The van der Waals surface area contributed by atoms with E-state index >= 15 is 0 Å². The van der Waals surface area contributed by atoms with Crippen LogP contribution in [0.25, 0.3) is 11.0 Å². The number of ether oxygens (including phenoxy) is 1. The highest BCUT2D eigenvalue weighted by Crippen LogP contribution is 2.53. The Labute approximate surface area is 181 Å². The summed E-state index contributed by atoms with van der Waals surface area (Å²) in [5, 5.41) is 14.6. The van der Waals surface area contributed by atoms with Crippen LogP contribution < -0.4 is 4.90 Å². The SMILES string of the molecule is C[Si](C)(C)CCOCn1ccc2c(N3Cc4c(noc4C(=O)O)C4(CC4)C3)ncnc21. The smallest absolute Gasteiger partial charge is 0.375 e.